The van der Waals surface area contributed by atoms with Crippen LogP contribution in [0.1, 0.15) is 12.8 Å². The minimum Gasteiger partial charge on any atom is -0.326 e. The summed E-state index contributed by atoms with van der Waals surface area (Å²) in [5.41, 5.74) is 5.23. The highest BCUT2D eigenvalue weighted by atomic mass is 16.2. The van der Waals surface area contributed by atoms with Crippen LogP contribution in [0.4, 0.5) is 5.69 Å². The van der Waals surface area contributed by atoms with Gasteiger partial charge in [-0.1, -0.05) is 78.0 Å². The lowest BCUT2D eigenvalue weighted by molar-refractivity contribution is -0.127. The molecule has 2 unspecified atom stereocenters. The summed E-state index contributed by atoms with van der Waals surface area (Å²) >= 11 is 0. The molecule has 6 nitrogen and oxygen atoms in total. The molecule has 3 aromatic carbocycles. The standard InChI is InChI=1S/C29H29N5O/c35-29(30-25-9-5-2-6-10-25)27-19-33-16-15-24(27)17-26(33)18-34-20-28(31-32-34)23-13-11-22(12-14-23)21-7-3-1-4-8-21/h1-14,20,24,26-27H,15-19H2,(H,30,35)/t24?,26-,27+/m1/s1. The Morgan fingerprint density at radius 1 is 0.886 bits per heavy atom. The topological polar surface area (TPSA) is 63.1 Å². The molecule has 35 heavy (non-hydrogen) atoms. The zero-order valence-corrected chi connectivity index (χ0v) is 19.6. The summed E-state index contributed by atoms with van der Waals surface area (Å²) in [5.74, 6) is 0.614. The molecular formula is C29H29N5O. The van der Waals surface area contributed by atoms with Crippen LogP contribution >= 0.6 is 0 Å². The third-order valence-corrected chi connectivity index (χ3v) is 7.48. The molecule has 4 atom stereocenters. The van der Waals surface area contributed by atoms with Gasteiger partial charge in [0.05, 0.1) is 18.7 Å². The largest absolute Gasteiger partial charge is 0.326 e. The molecule has 3 fully saturated rings. The van der Waals surface area contributed by atoms with E-state index in [0.29, 0.717) is 12.0 Å². The number of para-hydroxylation sites is 1. The summed E-state index contributed by atoms with van der Waals surface area (Å²) in [6, 6.07) is 29.0. The van der Waals surface area contributed by atoms with E-state index in [9.17, 15) is 4.79 Å². The second kappa shape index (κ2) is 9.47. The second-order valence-corrected chi connectivity index (χ2v) is 9.66. The number of anilines is 1. The summed E-state index contributed by atoms with van der Waals surface area (Å²) in [4.78, 5) is 15.4. The Bertz CT molecular complexity index is 1290. The average molecular weight is 464 g/mol. The van der Waals surface area contributed by atoms with Crippen molar-refractivity contribution in [2.45, 2.75) is 25.4 Å². The van der Waals surface area contributed by atoms with Crippen molar-refractivity contribution >= 4 is 11.6 Å². The molecule has 7 rings (SSSR count). The first-order chi connectivity index (χ1) is 17.2. The van der Waals surface area contributed by atoms with Crippen molar-refractivity contribution in [3.8, 4) is 22.4 Å². The van der Waals surface area contributed by atoms with Gasteiger partial charge in [0, 0.05) is 23.8 Å². The van der Waals surface area contributed by atoms with Crippen LogP contribution < -0.4 is 5.32 Å². The number of carbonyl (C=O) groups excluding carboxylic acids is 1. The van der Waals surface area contributed by atoms with Gasteiger partial charge >= 0.3 is 0 Å². The minimum absolute atomic E-state index is 0.0506. The van der Waals surface area contributed by atoms with E-state index < -0.39 is 0 Å². The number of piperidine rings is 3. The Kier molecular flexibility index (Phi) is 5.88. The molecule has 0 saturated carbocycles. The number of rotatable bonds is 6. The van der Waals surface area contributed by atoms with Gasteiger partial charge in [-0.2, -0.15) is 0 Å². The lowest BCUT2D eigenvalue weighted by Crippen LogP contribution is -2.57. The Morgan fingerprint density at radius 3 is 2.29 bits per heavy atom. The van der Waals surface area contributed by atoms with Gasteiger partial charge in [-0.05, 0) is 48.6 Å². The fourth-order valence-electron chi connectivity index (χ4n) is 5.58. The van der Waals surface area contributed by atoms with Crippen molar-refractivity contribution in [1.29, 1.82) is 0 Å². The molecule has 1 amide bonds. The van der Waals surface area contributed by atoms with Gasteiger partial charge in [0.15, 0.2) is 0 Å². The summed E-state index contributed by atoms with van der Waals surface area (Å²) in [7, 11) is 0. The van der Waals surface area contributed by atoms with Crippen molar-refractivity contribution in [3.05, 3.63) is 91.1 Å². The SMILES string of the molecule is O=C(Nc1ccccc1)[C@H]1CN2CCC1C[C@@H]2Cn1cc(-c2ccc(-c3ccccc3)cc2)nn1. The van der Waals surface area contributed by atoms with E-state index in [2.05, 4.69) is 69.1 Å². The molecule has 0 spiro atoms. The predicted molar refractivity (Wildman–Crippen MR) is 138 cm³/mol. The molecule has 6 heteroatoms. The number of carbonyl (C=O) groups is 1. The fourth-order valence-corrected chi connectivity index (χ4v) is 5.58. The number of nitrogens with one attached hydrogen (secondary N) is 1. The number of amides is 1. The molecule has 3 saturated heterocycles. The van der Waals surface area contributed by atoms with E-state index in [1.54, 1.807) is 0 Å². The zero-order chi connectivity index (χ0) is 23.6. The first-order valence-corrected chi connectivity index (χ1v) is 12.4. The molecule has 3 aliphatic rings. The van der Waals surface area contributed by atoms with Crippen LogP contribution in [0.15, 0.2) is 91.1 Å². The second-order valence-electron chi connectivity index (χ2n) is 9.66. The first kappa shape index (κ1) is 21.7. The minimum atomic E-state index is 0.0506. The van der Waals surface area contributed by atoms with E-state index >= 15 is 0 Å². The van der Waals surface area contributed by atoms with Gasteiger partial charge in [0.1, 0.15) is 5.69 Å². The van der Waals surface area contributed by atoms with Gasteiger partial charge in [-0.25, -0.2) is 0 Å². The van der Waals surface area contributed by atoms with E-state index in [1.807, 2.05) is 47.3 Å². The monoisotopic (exact) mass is 463 g/mol. The summed E-state index contributed by atoms with van der Waals surface area (Å²) in [6.07, 6.45) is 4.15. The number of hydrogen-bond donors (Lipinski definition) is 1. The van der Waals surface area contributed by atoms with Crippen molar-refractivity contribution in [1.82, 2.24) is 19.9 Å². The van der Waals surface area contributed by atoms with Crippen molar-refractivity contribution in [2.75, 3.05) is 18.4 Å². The molecular weight excluding hydrogens is 434 g/mol. The molecule has 4 aromatic rings. The Labute approximate surface area is 205 Å². The van der Waals surface area contributed by atoms with Crippen LogP contribution in [-0.2, 0) is 11.3 Å². The molecule has 176 valence electrons. The fraction of sp³-hybridized carbons (Fsp3) is 0.276. The van der Waals surface area contributed by atoms with Crippen molar-refractivity contribution < 1.29 is 4.79 Å². The summed E-state index contributed by atoms with van der Waals surface area (Å²) < 4.78 is 1.96. The molecule has 0 aliphatic carbocycles. The first-order valence-electron chi connectivity index (χ1n) is 12.4. The van der Waals surface area contributed by atoms with E-state index in [-0.39, 0.29) is 11.8 Å². The average Bonchev–Trinajstić information content (AvgIpc) is 3.39. The van der Waals surface area contributed by atoms with Gasteiger partial charge in [-0.3, -0.25) is 14.4 Å². The zero-order valence-electron chi connectivity index (χ0n) is 19.6. The Balaban J connectivity index is 1.09. The highest BCUT2D eigenvalue weighted by Crippen LogP contribution is 2.37. The smallest absolute Gasteiger partial charge is 0.229 e. The number of nitrogens with zero attached hydrogens (tertiary/aromatic N) is 4. The maximum atomic E-state index is 12.9. The lowest BCUT2D eigenvalue weighted by atomic mass is 9.75. The molecule has 4 heterocycles. The number of hydrogen-bond acceptors (Lipinski definition) is 4. The van der Waals surface area contributed by atoms with Crippen LogP contribution in [-0.4, -0.2) is 44.9 Å². The van der Waals surface area contributed by atoms with Gasteiger partial charge in [0.2, 0.25) is 5.91 Å². The molecule has 3 aliphatic heterocycles. The van der Waals surface area contributed by atoms with Gasteiger partial charge < -0.3 is 5.32 Å². The molecule has 2 bridgehead atoms. The molecule has 1 aromatic heterocycles. The summed E-state index contributed by atoms with van der Waals surface area (Å²) in [6.45, 7) is 2.67. The predicted octanol–water partition coefficient (Wildman–Crippen LogP) is 4.96. The van der Waals surface area contributed by atoms with Crippen LogP contribution in [0.5, 0.6) is 0 Å². The van der Waals surface area contributed by atoms with E-state index in [0.717, 1.165) is 49.4 Å². The number of aromatic nitrogens is 3. The van der Waals surface area contributed by atoms with Gasteiger partial charge in [0.25, 0.3) is 0 Å². The summed E-state index contributed by atoms with van der Waals surface area (Å²) in [5, 5.41) is 12.0. The quantitative estimate of drug-likeness (QED) is 0.439. The number of fused-ring (bicyclic) bond motifs is 3. The highest BCUT2D eigenvalue weighted by molar-refractivity contribution is 5.93. The number of benzene rings is 3. The van der Waals surface area contributed by atoms with E-state index in [1.165, 1.54) is 11.1 Å². The maximum Gasteiger partial charge on any atom is 0.229 e. The van der Waals surface area contributed by atoms with Crippen molar-refractivity contribution in [3.63, 3.8) is 0 Å². The Hall–Kier alpha value is -3.77. The molecule has 1 N–H and O–H groups in total. The van der Waals surface area contributed by atoms with Crippen LogP contribution in [0.25, 0.3) is 22.4 Å². The normalized spacial score (nSPS) is 23.2. The van der Waals surface area contributed by atoms with Crippen LogP contribution in [0, 0.1) is 11.8 Å². The third kappa shape index (κ3) is 4.62. The van der Waals surface area contributed by atoms with Crippen LogP contribution in [0.3, 0.4) is 0 Å². The van der Waals surface area contributed by atoms with Crippen molar-refractivity contribution in [2.24, 2.45) is 11.8 Å². The van der Waals surface area contributed by atoms with Gasteiger partial charge in [-0.15, -0.1) is 5.10 Å². The molecule has 0 radical (unpaired) electrons. The third-order valence-electron chi connectivity index (χ3n) is 7.48. The lowest BCUT2D eigenvalue weighted by Gasteiger charge is -2.49. The maximum absolute atomic E-state index is 12.9. The van der Waals surface area contributed by atoms with Crippen LogP contribution in [0.2, 0.25) is 0 Å². The van der Waals surface area contributed by atoms with E-state index in [4.69, 9.17) is 0 Å². The Morgan fingerprint density at radius 2 is 1.57 bits per heavy atom. The highest BCUT2D eigenvalue weighted by Gasteiger charge is 2.43.